The van der Waals surface area contributed by atoms with Crippen LogP contribution in [-0.2, 0) is 11.3 Å². The van der Waals surface area contributed by atoms with E-state index in [1.165, 1.54) is 4.68 Å². The molecule has 0 fully saturated rings. The van der Waals surface area contributed by atoms with Crippen molar-refractivity contribution < 1.29 is 9.53 Å². The van der Waals surface area contributed by atoms with E-state index in [1.54, 1.807) is 24.5 Å². The SMILES string of the molecule is CN(C)CCCCOC(=O)Nc1ccc(Cn2nc(-c3ccncc3)c3ccccc3c2=O)cc1. The molecule has 0 saturated heterocycles. The largest absolute Gasteiger partial charge is 0.449 e. The molecule has 2 aromatic carbocycles. The topological polar surface area (TPSA) is 89.3 Å². The average molecular weight is 472 g/mol. The van der Waals surface area contributed by atoms with Crippen molar-refractivity contribution in [3.63, 3.8) is 0 Å². The van der Waals surface area contributed by atoms with Gasteiger partial charge in [0.05, 0.1) is 24.2 Å². The Labute approximate surface area is 204 Å². The minimum Gasteiger partial charge on any atom is -0.449 e. The lowest BCUT2D eigenvalue weighted by Gasteiger charge is -2.12. The molecule has 4 aromatic rings. The van der Waals surface area contributed by atoms with Crippen LogP contribution in [0.1, 0.15) is 18.4 Å². The van der Waals surface area contributed by atoms with Gasteiger partial charge < -0.3 is 9.64 Å². The molecule has 0 aliphatic heterocycles. The molecule has 2 heterocycles. The quantitative estimate of drug-likeness (QED) is 0.364. The number of carbonyl (C=O) groups is 1. The summed E-state index contributed by atoms with van der Waals surface area (Å²) in [4.78, 5) is 31.3. The Bertz CT molecular complexity index is 1330. The van der Waals surface area contributed by atoms with E-state index in [9.17, 15) is 9.59 Å². The molecule has 0 radical (unpaired) electrons. The Morgan fingerprint density at radius 2 is 1.69 bits per heavy atom. The fraction of sp³-hybridized carbons (Fsp3) is 0.259. The summed E-state index contributed by atoms with van der Waals surface area (Å²) in [6.07, 6.45) is 4.74. The van der Waals surface area contributed by atoms with E-state index in [0.29, 0.717) is 24.2 Å². The summed E-state index contributed by atoms with van der Waals surface area (Å²) >= 11 is 0. The number of rotatable bonds is 9. The first kappa shape index (κ1) is 24.1. The van der Waals surface area contributed by atoms with Crippen LogP contribution in [0.15, 0.2) is 77.9 Å². The van der Waals surface area contributed by atoms with Gasteiger partial charge in [0.25, 0.3) is 5.56 Å². The predicted octanol–water partition coefficient (Wildman–Crippen LogP) is 4.40. The summed E-state index contributed by atoms with van der Waals surface area (Å²) in [5, 5.41) is 8.83. The van der Waals surface area contributed by atoms with Crippen LogP contribution in [0.25, 0.3) is 22.0 Å². The van der Waals surface area contributed by atoms with Crippen molar-refractivity contribution in [1.29, 1.82) is 0 Å². The standard InChI is InChI=1S/C27H29N5O3/c1-31(2)17-5-6-18-35-27(34)29-22-11-9-20(10-12-22)19-32-26(33)24-8-4-3-7-23(24)25(30-32)21-13-15-28-16-14-21/h3-4,7-16H,5-6,17-19H2,1-2H3,(H,29,34). The molecule has 0 atom stereocenters. The first-order valence-corrected chi connectivity index (χ1v) is 11.6. The molecule has 8 nitrogen and oxygen atoms in total. The molecule has 0 saturated carbocycles. The summed E-state index contributed by atoms with van der Waals surface area (Å²) in [6.45, 7) is 1.65. The second-order valence-electron chi connectivity index (χ2n) is 8.56. The number of nitrogens with zero attached hydrogens (tertiary/aromatic N) is 4. The fourth-order valence-electron chi connectivity index (χ4n) is 3.78. The summed E-state index contributed by atoms with van der Waals surface area (Å²) in [5.41, 5.74) is 2.99. The lowest BCUT2D eigenvalue weighted by molar-refractivity contribution is 0.158. The zero-order valence-corrected chi connectivity index (χ0v) is 20.0. The number of nitrogens with one attached hydrogen (secondary N) is 1. The summed E-state index contributed by atoms with van der Waals surface area (Å²) < 4.78 is 6.71. The third kappa shape index (κ3) is 6.30. The first-order valence-electron chi connectivity index (χ1n) is 11.6. The number of anilines is 1. The van der Waals surface area contributed by atoms with E-state index in [4.69, 9.17) is 4.74 Å². The second-order valence-corrected chi connectivity index (χ2v) is 8.56. The number of benzene rings is 2. The number of aromatic nitrogens is 3. The van der Waals surface area contributed by atoms with Crippen LogP contribution < -0.4 is 10.9 Å². The number of pyridine rings is 1. The van der Waals surface area contributed by atoms with E-state index in [0.717, 1.165) is 41.6 Å². The van der Waals surface area contributed by atoms with E-state index in [1.807, 2.05) is 62.6 Å². The van der Waals surface area contributed by atoms with Crippen LogP contribution in [0.2, 0.25) is 0 Å². The Morgan fingerprint density at radius 3 is 2.40 bits per heavy atom. The van der Waals surface area contributed by atoms with Gasteiger partial charge in [0, 0.05) is 29.0 Å². The van der Waals surface area contributed by atoms with Crippen molar-refractivity contribution in [3.05, 3.63) is 89.0 Å². The number of unbranched alkanes of at least 4 members (excludes halogenated alkanes) is 1. The number of hydrogen-bond donors (Lipinski definition) is 1. The molecule has 0 unspecified atom stereocenters. The number of ether oxygens (including phenoxy) is 1. The van der Waals surface area contributed by atoms with Gasteiger partial charge in [0.1, 0.15) is 0 Å². The highest BCUT2D eigenvalue weighted by atomic mass is 16.5. The van der Waals surface area contributed by atoms with E-state index < -0.39 is 6.09 Å². The van der Waals surface area contributed by atoms with Gasteiger partial charge in [-0.25, -0.2) is 9.48 Å². The summed E-state index contributed by atoms with van der Waals surface area (Å²) in [5.74, 6) is 0. The van der Waals surface area contributed by atoms with Gasteiger partial charge >= 0.3 is 6.09 Å². The molecule has 2 aromatic heterocycles. The maximum Gasteiger partial charge on any atom is 0.411 e. The highest BCUT2D eigenvalue weighted by Gasteiger charge is 2.12. The molecule has 8 heteroatoms. The molecule has 180 valence electrons. The first-order chi connectivity index (χ1) is 17.0. The van der Waals surface area contributed by atoms with Gasteiger partial charge in [0.2, 0.25) is 0 Å². The fourth-order valence-corrected chi connectivity index (χ4v) is 3.78. The highest BCUT2D eigenvalue weighted by Crippen LogP contribution is 2.24. The Morgan fingerprint density at radius 1 is 0.971 bits per heavy atom. The van der Waals surface area contributed by atoms with Crippen molar-refractivity contribution in [1.82, 2.24) is 19.7 Å². The van der Waals surface area contributed by atoms with Crippen LogP contribution in [0.5, 0.6) is 0 Å². The number of carbonyl (C=O) groups excluding carboxylic acids is 1. The molecule has 1 N–H and O–H groups in total. The zero-order chi connectivity index (χ0) is 24.6. The van der Waals surface area contributed by atoms with E-state index >= 15 is 0 Å². The van der Waals surface area contributed by atoms with Crippen LogP contribution in [0.3, 0.4) is 0 Å². The molecule has 0 bridgehead atoms. The number of hydrogen-bond acceptors (Lipinski definition) is 6. The Hall–Kier alpha value is -4.04. The van der Waals surface area contributed by atoms with Gasteiger partial charge in [0.15, 0.2) is 0 Å². The predicted molar refractivity (Wildman–Crippen MR) is 138 cm³/mol. The zero-order valence-electron chi connectivity index (χ0n) is 20.0. The Kier molecular flexibility index (Phi) is 7.84. The minimum atomic E-state index is -0.475. The van der Waals surface area contributed by atoms with Crippen molar-refractivity contribution in [2.75, 3.05) is 32.6 Å². The molecule has 35 heavy (non-hydrogen) atoms. The van der Waals surface area contributed by atoms with Crippen molar-refractivity contribution >= 4 is 22.6 Å². The molecule has 0 spiro atoms. The Balaban J connectivity index is 1.46. The maximum atomic E-state index is 13.1. The molecular formula is C27H29N5O3. The molecular weight excluding hydrogens is 442 g/mol. The highest BCUT2D eigenvalue weighted by molar-refractivity contribution is 5.93. The van der Waals surface area contributed by atoms with Gasteiger partial charge in [-0.3, -0.25) is 15.1 Å². The third-order valence-electron chi connectivity index (χ3n) is 5.59. The molecule has 0 aliphatic rings. The van der Waals surface area contributed by atoms with E-state index in [-0.39, 0.29) is 5.56 Å². The second kappa shape index (κ2) is 11.4. The number of fused-ring (bicyclic) bond motifs is 1. The number of amides is 1. The van der Waals surface area contributed by atoms with Gasteiger partial charge in [-0.2, -0.15) is 5.10 Å². The lowest BCUT2D eigenvalue weighted by atomic mass is 10.1. The van der Waals surface area contributed by atoms with Crippen LogP contribution in [0, 0.1) is 0 Å². The van der Waals surface area contributed by atoms with Crippen LogP contribution in [0.4, 0.5) is 10.5 Å². The molecule has 4 rings (SSSR count). The summed E-state index contributed by atoms with van der Waals surface area (Å²) in [7, 11) is 4.03. The van der Waals surface area contributed by atoms with Crippen molar-refractivity contribution in [2.45, 2.75) is 19.4 Å². The third-order valence-corrected chi connectivity index (χ3v) is 5.59. The molecule has 1 amide bonds. The molecule has 0 aliphatic carbocycles. The smallest absolute Gasteiger partial charge is 0.411 e. The average Bonchev–Trinajstić information content (AvgIpc) is 2.87. The minimum absolute atomic E-state index is 0.154. The van der Waals surface area contributed by atoms with Gasteiger partial charge in [-0.1, -0.05) is 30.3 Å². The lowest BCUT2D eigenvalue weighted by Crippen LogP contribution is -2.24. The normalized spacial score (nSPS) is 11.1. The van der Waals surface area contributed by atoms with Crippen LogP contribution in [-0.4, -0.2) is 53.0 Å². The monoisotopic (exact) mass is 471 g/mol. The van der Waals surface area contributed by atoms with Crippen LogP contribution >= 0.6 is 0 Å². The van der Waals surface area contributed by atoms with Gasteiger partial charge in [-0.15, -0.1) is 0 Å². The van der Waals surface area contributed by atoms with Gasteiger partial charge in [-0.05, 0) is 69.4 Å². The summed E-state index contributed by atoms with van der Waals surface area (Å²) in [6, 6.07) is 18.6. The van der Waals surface area contributed by atoms with E-state index in [2.05, 4.69) is 20.3 Å². The van der Waals surface area contributed by atoms with Crippen molar-refractivity contribution in [2.24, 2.45) is 0 Å². The van der Waals surface area contributed by atoms with Crippen molar-refractivity contribution in [3.8, 4) is 11.3 Å². The maximum absolute atomic E-state index is 13.1.